The van der Waals surface area contributed by atoms with Gasteiger partial charge in [0.15, 0.2) is 0 Å². The van der Waals surface area contributed by atoms with E-state index in [4.69, 9.17) is 5.26 Å². The molecule has 0 heterocycles. The van der Waals surface area contributed by atoms with Gasteiger partial charge in [0.25, 0.3) is 0 Å². The normalized spacial score (nSPS) is 17.8. The Balaban J connectivity index is 2.31. The molecule has 1 aliphatic rings. The molecule has 18 heavy (non-hydrogen) atoms. The van der Waals surface area contributed by atoms with Crippen LogP contribution in [0.25, 0.3) is 0 Å². The number of halogens is 2. The van der Waals surface area contributed by atoms with Crippen molar-refractivity contribution in [2.24, 2.45) is 0 Å². The lowest BCUT2D eigenvalue weighted by Crippen LogP contribution is -2.52. The molecule has 0 aromatic heterocycles. The van der Waals surface area contributed by atoms with Crippen LogP contribution >= 0.6 is 15.9 Å². The molecule has 0 bridgehead atoms. The molecule has 0 atom stereocenters. The molecule has 96 valence electrons. The molecule has 1 aromatic carbocycles. The van der Waals surface area contributed by atoms with Crippen molar-refractivity contribution in [2.45, 2.75) is 29.7 Å². The summed E-state index contributed by atoms with van der Waals surface area (Å²) in [6.45, 7) is 0. The Morgan fingerprint density at radius 3 is 2.56 bits per heavy atom. The van der Waals surface area contributed by atoms with E-state index in [1.807, 2.05) is 6.07 Å². The zero-order valence-electron chi connectivity index (χ0n) is 9.28. The van der Waals surface area contributed by atoms with Crippen LogP contribution < -0.4 is 4.72 Å². The second-order valence-electron chi connectivity index (χ2n) is 4.23. The molecule has 0 aliphatic heterocycles. The Morgan fingerprint density at radius 1 is 1.44 bits per heavy atom. The summed E-state index contributed by atoms with van der Waals surface area (Å²) in [5.41, 5.74) is -1.03. The summed E-state index contributed by atoms with van der Waals surface area (Å²) in [7, 11) is -3.86. The number of hydrogen-bond donors (Lipinski definition) is 1. The highest BCUT2D eigenvalue weighted by Gasteiger charge is 2.41. The van der Waals surface area contributed by atoms with E-state index >= 15 is 0 Å². The van der Waals surface area contributed by atoms with Gasteiger partial charge in [0.05, 0.1) is 15.4 Å². The molecule has 7 heteroatoms. The number of nitrogens with zero attached hydrogens (tertiary/aromatic N) is 1. The lowest BCUT2D eigenvalue weighted by atomic mass is 9.79. The van der Waals surface area contributed by atoms with Crippen LogP contribution in [0.2, 0.25) is 0 Å². The van der Waals surface area contributed by atoms with Gasteiger partial charge in [-0.1, -0.05) is 0 Å². The van der Waals surface area contributed by atoms with E-state index in [9.17, 15) is 12.8 Å². The quantitative estimate of drug-likeness (QED) is 0.923. The summed E-state index contributed by atoms with van der Waals surface area (Å²) in [4.78, 5) is -0.176. The van der Waals surface area contributed by atoms with Gasteiger partial charge in [0.2, 0.25) is 10.0 Å². The Bertz CT molecular complexity index is 620. The summed E-state index contributed by atoms with van der Waals surface area (Å²) < 4.78 is 39.9. The number of rotatable bonds is 3. The maximum atomic E-state index is 13.3. The fourth-order valence-corrected chi connectivity index (χ4v) is 3.36. The largest absolute Gasteiger partial charge is 0.242 e. The van der Waals surface area contributed by atoms with Gasteiger partial charge in [-0.15, -0.1) is 0 Å². The van der Waals surface area contributed by atoms with Gasteiger partial charge in [-0.3, -0.25) is 0 Å². The first kappa shape index (κ1) is 13.5. The smallest absolute Gasteiger partial charge is 0.207 e. The van der Waals surface area contributed by atoms with Crippen molar-refractivity contribution < 1.29 is 12.8 Å². The molecule has 0 spiro atoms. The number of nitrogens with one attached hydrogen (secondary N) is 1. The fourth-order valence-electron chi connectivity index (χ4n) is 1.73. The molecule has 1 aromatic rings. The zero-order chi connectivity index (χ0) is 13.4. The molecule has 0 amide bonds. The van der Waals surface area contributed by atoms with Crippen LogP contribution in [0.15, 0.2) is 27.6 Å². The van der Waals surface area contributed by atoms with Crippen molar-refractivity contribution in [3.05, 3.63) is 28.5 Å². The van der Waals surface area contributed by atoms with Crippen molar-refractivity contribution in [3.63, 3.8) is 0 Å². The monoisotopic (exact) mass is 332 g/mol. The fraction of sp³-hybridized carbons (Fsp3) is 0.364. The van der Waals surface area contributed by atoms with Crippen molar-refractivity contribution in [3.8, 4) is 6.07 Å². The van der Waals surface area contributed by atoms with Gasteiger partial charge < -0.3 is 0 Å². The lowest BCUT2D eigenvalue weighted by Gasteiger charge is -2.35. The maximum absolute atomic E-state index is 13.3. The Morgan fingerprint density at radius 2 is 2.11 bits per heavy atom. The summed E-state index contributed by atoms with van der Waals surface area (Å²) in [6, 6.07) is 5.51. The molecule has 1 aliphatic carbocycles. The van der Waals surface area contributed by atoms with Crippen molar-refractivity contribution in [1.82, 2.24) is 4.72 Å². The minimum atomic E-state index is -3.86. The third-order valence-electron chi connectivity index (χ3n) is 2.95. The standard InChI is InChI=1S/C11H10BrFN2O2S/c12-9-3-2-8(6-10(9)13)18(16,17)15-11(7-14)4-1-5-11/h2-3,6,15H,1,4-5H2. The topological polar surface area (TPSA) is 70.0 Å². The molecule has 1 fully saturated rings. The first-order valence-electron chi connectivity index (χ1n) is 5.29. The van der Waals surface area contributed by atoms with E-state index < -0.39 is 21.4 Å². The van der Waals surface area contributed by atoms with E-state index in [1.165, 1.54) is 12.1 Å². The molecule has 0 unspecified atom stereocenters. The van der Waals surface area contributed by atoms with Crippen molar-refractivity contribution in [1.29, 1.82) is 5.26 Å². The molecule has 1 N–H and O–H groups in total. The number of benzene rings is 1. The van der Waals surface area contributed by atoms with E-state index in [1.54, 1.807) is 0 Å². The van der Waals surface area contributed by atoms with Gasteiger partial charge in [0.1, 0.15) is 11.4 Å². The Kier molecular flexibility index (Phi) is 3.45. The average Bonchev–Trinajstić information content (AvgIpc) is 2.27. The van der Waals surface area contributed by atoms with Crippen LogP contribution in [0.3, 0.4) is 0 Å². The predicted octanol–water partition coefficient (Wildman–Crippen LogP) is 2.31. The van der Waals surface area contributed by atoms with Crippen LogP contribution in [-0.2, 0) is 10.0 Å². The Hall–Kier alpha value is -0.970. The van der Waals surface area contributed by atoms with Crippen LogP contribution in [0.1, 0.15) is 19.3 Å². The second-order valence-corrected chi connectivity index (χ2v) is 6.77. The summed E-state index contributed by atoms with van der Waals surface area (Å²) in [5.74, 6) is -0.655. The number of hydrogen-bond acceptors (Lipinski definition) is 3. The van der Waals surface area contributed by atoms with Crippen molar-refractivity contribution >= 4 is 26.0 Å². The van der Waals surface area contributed by atoms with Crippen LogP contribution in [-0.4, -0.2) is 14.0 Å². The number of nitriles is 1. The molecule has 2 rings (SSSR count). The molecule has 0 radical (unpaired) electrons. The summed E-state index contributed by atoms with van der Waals surface area (Å²) in [5, 5.41) is 8.99. The van der Waals surface area contributed by atoms with E-state index in [0.717, 1.165) is 12.5 Å². The Labute approximate surface area is 113 Å². The first-order valence-corrected chi connectivity index (χ1v) is 7.56. The van der Waals surface area contributed by atoms with Crippen LogP contribution in [0.5, 0.6) is 0 Å². The van der Waals surface area contributed by atoms with Gasteiger partial charge in [-0.2, -0.15) is 9.98 Å². The van der Waals surface area contributed by atoms with E-state index in [-0.39, 0.29) is 9.37 Å². The highest BCUT2D eigenvalue weighted by Crippen LogP contribution is 2.32. The third-order valence-corrected chi connectivity index (χ3v) is 5.13. The molecule has 1 saturated carbocycles. The maximum Gasteiger partial charge on any atom is 0.242 e. The lowest BCUT2D eigenvalue weighted by molar-refractivity contribution is 0.296. The number of sulfonamides is 1. The zero-order valence-corrected chi connectivity index (χ0v) is 11.7. The first-order chi connectivity index (χ1) is 8.38. The van der Waals surface area contributed by atoms with Crippen molar-refractivity contribution in [2.75, 3.05) is 0 Å². The third kappa shape index (κ3) is 2.41. The van der Waals surface area contributed by atoms with Gasteiger partial charge in [-0.05, 0) is 53.4 Å². The highest BCUT2D eigenvalue weighted by atomic mass is 79.9. The average molecular weight is 333 g/mol. The highest BCUT2D eigenvalue weighted by molar-refractivity contribution is 9.10. The van der Waals surface area contributed by atoms with Crippen LogP contribution in [0, 0.1) is 17.1 Å². The summed E-state index contributed by atoms with van der Waals surface area (Å²) in [6.07, 6.45) is 1.79. The molecule has 4 nitrogen and oxygen atoms in total. The molecular formula is C11H10BrFN2O2S. The summed E-state index contributed by atoms with van der Waals surface area (Å²) >= 11 is 2.95. The van der Waals surface area contributed by atoms with E-state index in [0.29, 0.717) is 12.8 Å². The predicted molar refractivity (Wildman–Crippen MR) is 66.6 cm³/mol. The van der Waals surface area contributed by atoms with Gasteiger partial charge in [0, 0.05) is 0 Å². The second kappa shape index (κ2) is 4.61. The molecule has 0 saturated heterocycles. The minimum absolute atomic E-state index is 0.176. The van der Waals surface area contributed by atoms with E-state index in [2.05, 4.69) is 20.7 Å². The van der Waals surface area contributed by atoms with Gasteiger partial charge in [-0.25, -0.2) is 12.8 Å². The minimum Gasteiger partial charge on any atom is -0.207 e. The molecular weight excluding hydrogens is 323 g/mol. The van der Waals surface area contributed by atoms with Gasteiger partial charge >= 0.3 is 0 Å². The van der Waals surface area contributed by atoms with Crippen LogP contribution in [0.4, 0.5) is 4.39 Å². The SMILES string of the molecule is N#CC1(NS(=O)(=O)c2ccc(Br)c(F)c2)CCC1.